The first-order valence-electron chi connectivity index (χ1n) is 8.63. The average Bonchev–Trinajstić information content (AvgIpc) is 2.63. The van der Waals surface area contributed by atoms with Gasteiger partial charge in [-0.05, 0) is 43.4 Å². The first-order chi connectivity index (χ1) is 12.4. The number of aromatic nitrogens is 2. The number of hydrogen-bond acceptors (Lipinski definition) is 6. The zero-order valence-corrected chi connectivity index (χ0v) is 16.1. The summed E-state index contributed by atoms with van der Waals surface area (Å²) >= 11 is 0. The molecule has 8 heteroatoms. The minimum atomic E-state index is -3.79. The van der Waals surface area contributed by atoms with Crippen molar-refractivity contribution in [2.45, 2.75) is 31.6 Å². The van der Waals surface area contributed by atoms with Crippen LogP contribution < -0.4 is 14.4 Å². The zero-order chi connectivity index (χ0) is 18.7. The van der Waals surface area contributed by atoms with E-state index in [-0.39, 0.29) is 4.90 Å². The number of benzene rings is 1. The van der Waals surface area contributed by atoms with Gasteiger partial charge in [0.05, 0.1) is 25.2 Å². The van der Waals surface area contributed by atoms with Crippen LogP contribution in [0.3, 0.4) is 0 Å². The summed E-state index contributed by atoms with van der Waals surface area (Å²) in [7, 11) is -2.35. The van der Waals surface area contributed by atoms with Gasteiger partial charge in [-0.25, -0.2) is 18.4 Å². The molecule has 0 saturated carbocycles. The topological polar surface area (TPSA) is 84.4 Å². The van der Waals surface area contributed by atoms with Gasteiger partial charge in [0.1, 0.15) is 10.6 Å². The second-order valence-corrected chi connectivity index (χ2v) is 8.35. The maximum absolute atomic E-state index is 12.7. The highest BCUT2D eigenvalue weighted by atomic mass is 32.2. The Labute approximate surface area is 154 Å². The van der Waals surface area contributed by atoms with Crippen LogP contribution in [0.4, 0.5) is 11.6 Å². The molecule has 1 N–H and O–H groups in total. The lowest BCUT2D eigenvalue weighted by atomic mass is 10.00. The lowest BCUT2D eigenvalue weighted by molar-refractivity contribution is 0.402. The quantitative estimate of drug-likeness (QED) is 0.864. The molecule has 2 aromatic rings. The molecule has 0 atom stereocenters. The SMILES string of the molecule is COc1ccc(C)cc1S(=O)(=O)Nc1cnc(N2CCC(C)CC2)nc1. The summed E-state index contributed by atoms with van der Waals surface area (Å²) in [5, 5.41) is 0. The molecule has 0 unspecified atom stereocenters. The monoisotopic (exact) mass is 376 g/mol. The van der Waals surface area contributed by atoms with Gasteiger partial charge in [0.2, 0.25) is 5.95 Å². The molecule has 0 aliphatic carbocycles. The molecule has 0 spiro atoms. The Morgan fingerprint density at radius 1 is 1.19 bits per heavy atom. The summed E-state index contributed by atoms with van der Waals surface area (Å²) in [6, 6.07) is 5.02. The lowest BCUT2D eigenvalue weighted by Gasteiger charge is -2.30. The summed E-state index contributed by atoms with van der Waals surface area (Å²) in [4.78, 5) is 10.9. The molecule has 0 amide bonds. The van der Waals surface area contributed by atoms with E-state index in [9.17, 15) is 8.42 Å². The maximum Gasteiger partial charge on any atom is 0.265 e. The highest BCUT2D eigenvalue weighted by Gasteiger charge is 2.21. The van der Waals surface area contributed by atoms with Crippen LogP contribution in [0.5, 0.6) is 5.75 Å². The van der Waals surface area contributed by atoms with Gasteiger partial charge in [-0.3, -0.25) is 4.72 Å². The van der Waals surface area contributed by atoms with Crippen LogP contribution in [0, 0.1) is 12.8 Å². The van der Waals surface area contributed by atoms with Crippen molar-refractivity contribution in [2.75, 3.05) is 29.8 Å². The van der Waals surface area contributed by atoms with Gasteiger partial charge in [0.25, 0.3) is 10.0 Å². The molecule has 26 heavy (non-hydrogen) atoms. The fourth-order valence-corrected chi connectivity index (χ4v) is 4.23. The molecule has 7 nitrogen and oxygen atoms in total. The molecule has 1 saturated heterocycles. The Bertz CT molecular complexity index is 861. The fraction of sp³-hybridized carbons (Fsp3) is 0.444. The van der Waals surface area contributed by atoms with Gasteiger partial charge < -0.3 is 9.64 Å². The molecular weight excluding hydrogens is 352 g/mol. The van der Waals surface area contributed by atoms with E-state index < -0.39 is 10.0 Å². The molecule has 1 aliphatic rings. The Kier molecular flexibility index (Phi) is 5.31. The van der Waals surface area contributed by atoms with Crippen LogP contribution in [-0.4, -0.2) is 38.6 Å². The average molecular weight is 376 g/mol. The predicted molar refractivity (Wildman–Crippen MR) is 101 cm³/mol. The summed E-state index contributed by atoms with van der Waals surface area (Å²) in [5.74, 6) is 1.65. The van der Waals surface area contributed by atoms with E-state index in [1.54, 1.807) is 18.2 Å². The number of rotatable bonds is 5. The first kappa shape index (κ1) is 18.4. The summed E-state index contributed by atoms with van der Waals surface area (Å²) in [6.07, 6.45) is 5.23. The third-order valence-electron chi connectivity index (χ3n) is 4.57. The van der Waals surface area contributed by atoms with Crippen molar-refractivity contribution < 1.29 is 13.2 Å². The largest absolute Gasteiger partial charge is 0.495 e. The van der Waals surface area contributed by atoms with Crippen LogP contribution in [0.2, 0.25) is 0 Å². The maximum atomic E-state index is 12.7. The minimum absolute atomic E-state index is 0.0918. The molecule has 1 aliphatic heterocycles. The summed E-state index contributed by atoms with van der Waals surface area (Å²) in [6.45, 7) is 5.92. The molecule has 0 bridgehead atoms. The predicted octanol–water partition coefficient (Wildman–Crippen LogP) is 2.83. The normalized spacial score (nSPS) is 15.7. The molecule has 0 radical (unpaired) electrons. The smallest absolute Gasteiger partial charge is 0.265 e. The Morgan fingerprint density at radius 3 is 2.46 bits per heavy atom. The van der Waals surface area contributed by atoms with Crippen molar-refractivity contribution >= 4 is 21.7 Å². The van der Waals surface area contributed by atoms with Gasteiger partial charge in [-0.2, -0.15) is 0 Å². The number of anilines is 2. The molecule has 1 aromatic heterocycles. The molecule has 1 aromatic carbocycles. The van der Waals surface area contributed by atoms with Crippen molar-refractivity contribution in [2.24, 2.45) is 5.92 Å². The number of hydrogen-bond donors (Lipinski definition) is 1. The van der Waals surface area contributed by atoms with Crippen molar-refractivity contribution in [1.82, 2.24) is 9.97 Å². The molecule has 3 rings (SSSR count). The zero-order valence-electron chi connectivity index (χ0n) is 15.3. The highest BCUT2D eigenvalue weighted by Crippen LogP contribution is 2.27. The standard InChI is InChI=1S/C18H24N4O3S/c1-13-6-8-22(9-7-13)18-19-11-15(12-20-18)21-26(23,24)17-10-14(2)4-5-16(17)25-3/h4-5,10-13,21H,6-9H2,1-3H3. The van der Waals surface area contributed by atoms with E-state index in [1.165, 1.54) is 19.5 Å². The number of nitrogens with one attached hydrogen (secondary N) is 1. The minimum Gasteiger partial charge on any atom is -0.495 e. The Morgan fingerprint density at radius 2 is 1.85 bits per heavy atom. The van der Waals surface area contributed by atoms with Gasteiger partial charge in [-0.15, -0.1) is 0 Å². The van der Waals surface area contributed by atoms with E-state index in [1.807, 2.05) is 6.92 Å². The number of aryl methyl sites for hydroxylation is 1. The number of nitrogens with zero attached hydrogens (tertiary/aromatic N) is 3. The van der Waals surface area contributed by atoms with Crippen LogP contribution in [0.15, 0.2) is 35.5 Å². The summed E-state index contributed by atoms with van der Waals surface area (Å²) in [5.41, 5.74) is 1.15. The second-order valence-electron chi connectivity index (χ2n) is 6.70. The molecular formula is C18H24N4O3S. The van der Waals surface area contributed by atoms with E-state index >= 15 is 0 Å². The number of piperidine rings is 1. The Hall–Kier alpha value is -2.35. The first-order valence-corrected chi connectivity index (χ1v) is 10.1. The van der Waals surface area contributed by atoms with Crippen LogP contribution >= 0.6 is 0 Å². The van der Waals surface area contributed by atoms with Crippen molar-refractivity contribution in [3.05, 3.63) is 36.2 Å². The van der Waals surface area contributed by atoms with Crippen molar-refractivity contribution in [3.63, 3.8) is 0 Å². The summed E-state index contributed by atoms with van der Waals surface area (Å²) < 4.78 is 33.1. The third-order valence-corrected chi connectivity index (χ3v) is 5.97. The van der Waals surface area contributed by atoms with Gasteiger partial charge in [0, 0.05) is 13.1 Å². The van der Waals surface area contributed by atoms with E-state index in [2.05, 4.69) is 26.5 Å². The van der Waals surface area contributed by atoms with Crippen LogP contribution in [0.25, 0.3) is 0 Å². The van der Waals surface area contributed by atoms with E-state index in [0.717, 1.165) is 37.4 Å². The van der Waals surface area contributed by atoms with Gasteiger partial charge in [-0.1, -0.05) is 13.0 Å². The van der Waals surface area contributed by atoms with E-state index in [0.29, 0.717) is 17.4 Å². The Balaban J connectivity index is 1.77. The molecule has 140 valence electrons. The highest BCUT2D eigenvalue weighted by molar-refractivity contribution is 7.92. The fourth-order valence-electron chi connectivity index (χ4n) is 2.95. The van der Waals surface area contributed by atoms with E-state index in [4.69, 9.17) is 4.74 Å². The number of sulfonamides is 1. The van der Waals surface area contributed by atoms with Crippen LogP contribution in [-0.2, 0) is 10.0 Å². The third kappa shape index (κ3) is 4.07. The second kappa shape index (κ2) is 7.49. The number of ether oxygens (including phenoxy) is 1. The van der Waals surface area contributed by atoms with Crippen molar-refractivity contribution in [1.29, 1.82) is 0 Å². The molecule has 1 fully saturated rings. The number of methoxy groups -OCH3 is 1. The van der Waals surface area contributed by atoms with Gasteiger partial charge >= 0.3 is 0 Å². The van der Waals surface area contributed by atoms with Crippen LogP contribution in [0.1, 0.15) is 25.3 Å². The van der Waals surface area contributed by atoms with Crippen molar-refractivity contribution in [3.8, 4) is 5.75 Å². The molecule has 2 heterocycles. The lowest BCUT2D eigenvalue weighted by Crippen LogP contribution is -2.34. The van der Waals surface area contributed by atoms with Gasteiger partial charge in [0.15, 0.2) is 0 Å².